The van der Waals surface area contributed by atoms with E-state index in [-0.39, 0.29) is 24.6 Å². The van der Waals surface area contributed by atoms with Crippen LogP contribution >= 0.6 is 0 Å². The van der Waals surface area contributed by atoms with E-state index in [9.17, 15) is 8.42 Å². The summed E-state index contributed by atoms with van der Waals surface area (Å²) in [6, 6.07) is 4.69. The number of benzene rings is 1. The highest BCUT2D eigenvalue weighted by Gasteiger charge is 2.34. The number of hydrogen-bond donors (Lipinski definition) is 0. The summed E-state index contributed by atoms with van der Waals surface area (Å²) in [6.45, 7) is 3.56. The Morgan fingerprint density at radius 3 is 2.74 bits per heavy atom. The van der Waals surface area contributed by atoms with Crippen molar-refractivity contribution >= 4 is 10.0 Å². The van der Waals surface area contributed by atoms with Crippen molar-refractivity contribution in [2.45, 2.75) is 30.8 Å². The standard InChI is InChI=1S/C17H21N3O6S/c1-2-16-18-19-17(26-16)15-11-20(6-9-25-15)27(21,22)12-4-5-13-14(10-12)24-8-3-7-23-13/h4-5,10,15H,2-3,6-9,11H2,1H3/t15-/m1/s1. The van der Waals surface area contributed by atoms with Crippen LogP contribution in [0.3, 0.4) is 0 Å². The molecule has 0 radical (unpaired) electrons. The molecule has 9 nitrogen and oxygen atoms in total. The van der Waals surface area contributed by atoms with Crippen LogP contribution in [0.4, 0.5) is 0 Å². The summed E-state index contributed by atoms with van der Waals surface area (Å²) in [5, 5.41) is 7.89. The number of nitrogens with zero attached hydrogens (tertiary/aromatic N) is 3. The summed E-state index contributed by atoms with van der Waals surface area (Å²) < 4.78 is 49.9. The topological polar surface area (TPSA) is 104 Å². The molecule has 1 aromatic carbocycles. The van der Waals surface area contributed by atoms with Crippen LogP contribution in [0, 0.1) is 0 Å². The first-order chi connectivity index (χ1) is 13.1. The number of rotatable bonds is 4. The second kappa shape index (κ2) is 7.45. The number of aromatic nitrogens is 2. The van der Waals surface area contributed by atoms with Crippen LogP contribution in [0.2, 0.25) is 0 Å². The third-order valence-corrected chi connectivity index (χ3v) is 6.31. The van der Waals surface area contributed by atoms with Gasteiger partial charge in [-0.3, -0.25) is 0 Å². The molecule has 0 spiro atoms. The lowest BCUT2D eigenvalue weighted by Gasteiger charge is -2.30. The predicted octanol–water partition coefficient (Wildman–Crippen LogP) is 1.56. The van der Waals surface area contributed by atoms with E-state index < -0.39 is 16.1 Å². The monoisotopic (exact) mass is 395 g/mol. The predicted molar refractivity (Wildman–Crippen MR) is 93.2 cm³/mol. The number of sulfonamides is 1. The van der Waals surface area contributed by atoms with Crippen LogP contribution in [-0.2, 0) is 21.2 Å². The molecule has 0 unspecified atom stereocenters. The Bertz CT molecular complexity index is 913. The van der Waals surface area contributed by atoms with Crippen LogP contribution in [0.15, 0.2) is 27.5 Å². The van der Waals surface area contributed by atoms with Gasteiger partial charge in [-0.05, 0) is 12.1 Å². The van der Waals surface area contributed by atoms with Crippen molar-refractivity contribution in [2.24, 2.45) is 0 Å². The van der Waals surface area contributed by atoms with Crippen molar-refractivity contribution < 1.29 is 27.0 Å². The molecule has 2 aliphatic heterocycles. The Labute approximate surface area is 157 Å². The second-order valence-corrected chi connectivity index (χ2v) is 8.21. The van der Waals surface area contributed by atoms with Gasteiger partial charge in [-0.1, -0.05) is 6.92 Å². The zero-order valence-corrected chi connectivity index (χ0v) is 15.8. The minimum absolute atomic E-state index is 0.113. The highest BCUT2D eigenvalue weighted by Crippen LogP contribution is 2.34. The Morgan fingerprint density at radius 1 is 1.15 bits per heavy atom. The quantitative estimate of drug-likeness (QED) is 0.768. The molecule has 10 heteroatoms. The Morgan fingerprint density at radius 2 is 1.96 bits per heavy atom. The highest BCUT2D eigenvalue weighted by atomic mass is 32.2. The molecule has 0 bridgehead atoms. The van der Waals surface area contributed by atoms with E-state index in [1.165, 1.54) is 16.4 Å². The molecule has 3 heterocycles. The van der Waals surface area contributed by atoms with Gasteiger partial charge in [0.25, 0.3) is 0 Å². The second-order valence-electron chi connectivity index (χ2n) is 6.27. The normalized spacial score (nSPS) is 21.0. The van der Waals surface area contributed by atoms with Crippen molar-refractivity contribution in [3.8, 4) is 11.5 Å². The van der Waals surface area contributed by atoms with E-state index in [4.69, 9.17) is 18.6 Å². The maximum atomic E-state index is 13.1. The van der Waals surface area contributed by atoms with Gasteiger partial charge in [-0.15, -0.1) is 10.2 Å². The average Bonchev–Trinajstić information content (AvgIpc) is 3.06. The smallest absolute Gasteiger partial charge is 0.246 e. The van der Waals surface area contributed by atoms with Crippen molar-refractivity contribution in [3.63, 3.8) is 0 Å². The fourth-order valence-corrected chi connectivity index (χ4v) is 4.43. The fraction of sp³-hybridized carbons (Fsp3) is 0.529. The number of morpholine rings is 1. The molecule has 0 saturated carbocycles. The van der Waals surface area contributed by atoms with E-state index in [0.29, 0.717) is 42.9 Å². The Balaban J connectivity index is 1.57. The van der Waals surface area contributed by atoms with E-state index >= 15 is 0 Å². The Kier molecular flexibility index (Phi) is 5.02. The van der Waals surface area contributed by atoms with Gasteiger partial charge in [0, 0.05) is 32.0 Å². The summed E-state index contributed by atoms with van der Waals surface area (Å²) >= 11 is 0. The van der Waals surface area contributed by atoms with Gasteiger partial charge in [0.1, 0.15) is 6.10 Å². The maximum absolute atomic E-state index is 13.1. The van der Waals surface area contributed by atoms with Gasteiger partial charge in [0.05, 0.1) is 24.7 Å². The van der Waals surface area contributed by atoms with Crippen LogP contribution in [0.5, 0.6) is 11.5 Å². The molecule has 1 fully saturated rings. The molecular formula is C17H21N3O6S. The largest absolute Gasteiger partial charge is 0.490 e. The van der Waals surface area contributed by atoms with Crippen molar-refractivity contribution in [1.29, 1.82) is 0 Å². The minimum atomic E-state index is -3.72. The molecule has 0 N–H and O–H groups in total. The zero-order chi connectivity index (χ0) is 18.9. The summed E-state index contributed by atoms with van der Waals surface area (Å²) in [4.78, 5) is 0.159. The van der Waals surface area contributed by atoms with Gasteiger partial charge in [0.2, 0.25) is 21.8 Å². The number of hydrogen-bond acceptors (Lipinski definition) is 8. The summed E-state index contributed by atoms with van der Waals surface area (Å²) in [5.74, 6) is 1.80. The van der Waals surface area contributed by atoms with E-state index in [0.717, 1.165) is 6.42 Å². The van der Waals surface area contributed by atoms with Gasteiger partial charge >= 0.3 is 0 Å². The van der Waals surface area contributed by atoms with Crippen LogP contribution < -0.4 is 9.47 Å². The summed E-state index contributed by atoms with van der Waals surface area (Å²) in [5.41, 5.74) is 0. The lowest BCUT2D eigenvalue weighted by molar-refractivity contribution is -0.0178. The molecule has 1 saturated heterocycles. The zero-order valence-electron chi connectivity index (χ0n) is 15.0. The van der Waals surface area contributed by atoms with Gasteiger partial charge in [-0.2, -0.15) is 4.31 Å². The third-order valence-electron chi connectivity index (χ3n) is 4.45. The SMILES string of the molecule is CCc1nnc([C@H]2CN(S(=O)(=O)c3ccc4c(c3)OCCCO4)CCO2)o1. The van der Waals surface area contributed by atoms with Gasteiger partial charge in [0.15, 0.2) is 11.5 Å². The highest BCUT2D eigenvalue weighted by molar-refractivity contribution is 7.89. The lowest BCUT2D eigenvalue weighted by atomic mass is 10.3. The summed E-state index contributed by atoms with van der Waals surface area (Å²) in [7, 11) is -3.72. The average molecular weight is 395 g/mol. The van der Waals surface area contributed by atoms with E-state index in [2.05, 4.69) is 10.2 Å². The first-order valence-electron chi connectivity index (χ1n) is 8.91. The van der Waals surface area contributed by atoms with Crippen molar-refractivity contribution in [1.82, 2.24) is 14.5 Å². The minimum Gasteiger partial charge on any atom is -0.490 e. The number of ether oxygens (including phenoxy) is 3. The molecule has 1 atom stereocenters. The molecule has 0 amide bonds. The molecule has 146 valence electrons. The summed E-state index contributed by atoms with van der Waals surface area (Å²) in [6.07, 6.45) is 0.784. The van der Waals surface area contributed by atoms with Gasteiger partial charge < -0.3 is 18.6 Å². The number of fused-ring (bicyclic) bond motifs is 1. The maximum Gasteiger partial charge on any atom is 0.246 e. The van der Waals surface area contributed by atoms with Crippen LogP contribution in [-0.4, -0.2) is 55.8 Å². The fourth-order valence-electron chi connectivity index (χ4n) is 2.99. The molecule has 0 aliphatic carbocycles. The molecule has 2 aromatic rings. The molecule has 1 aromatic heterocycles. The third kappa shape index (κ3) is 3.64. The van der Waals surface area contributed by atoms with Gasteiger partial charge in [-0.25, -0.2) is 8.42 Å². The van der Waals surface area contributed by atoms with E-state index in [1.54, 1.807) is 6.07 Å². The van der Waals surface area contributed by atoms with Crippen LogP contribution in [0.1, 0.15) is 31.2 Å². The van der Waals surface area contributed by atoms with Crippen molar-refractivity contribution in [2.75, 3.05) is 32.9 Å². The number of aryl methyl sites for hydroxylation is 1. The first-order valence-corrected chi connectivity index (χ1v) is 10.4. The molecule has 27 heavy (non-hydrogen) atoms. The Hall–Kier alpha value is -2.17. The molecule has 4 rings (SSSR count). The van der Waals surface area contributed by atoms with Crippen molar-refractivity contribution in [3.05, 3.63) is 30.0 Å². The van der Waals surface area contributed by atoms with Crippen LogP contribution in [0.25, 0.3) is 0 Å². The molecule has 2 aliphatic rings. The van der Waals surface area contributed by atoms with E-state index in [1.807, 2.05) is 6.92 Å². The molecular weight excluding hydrogens is 374 g/mol. The first kappa shape index (κ1) is 18.2. The lowest BCUT2D eigenvalue weighted by Crippen LogP contribution is -2.42.